The Morgan fingerprint density at radius 1 is 1.21 bits per heavy atom. The van der Waals surface area contributed by atoms with Crippen molar-refractivity contribution in [2.24, 2.45) is 0 Å². The molecule has 0 amide bonds. The minimum Gasteiger partial charge on any atom is -0.389 e. The van der Waals surface area contributed by atoms with Crippen LogP contribution in [0.2, 0.25) is 0 Å². The third-order valence-corrected chi connectivity index (χ3v) is 1.70. The summed E-state index contributed by atoms with van der Waals surface area (Å²) < 4.78 is 0. The molecule has 84 valence electrons. The molecule has 0 aliphatic heterocycles. The van der Waals surface area contributed by atoms with Crippen LogP contribution in [0.4, 0.5) is 0 Å². The first-order chi connectivity index (χ1) is 6.68. The van der Waals surface area contributed by atoms with Gasteiger partial charge in [0.2, 0.25) is 0 Å². The summed E-state index contributed by atoms with van der Waals surface area (Å²) >= 11 is 0. The van der Waals surface area contributed by atoms with Gasteiger partial charge in [0.15, 0.2) is 0 Å². The highest BCUT2D eigenvalue weighted by Crippen LogP contribution is 1.91. The number of hydrogen-bond donors (Lipinski definition) is 1. The molecule has 0 rings (SSSR count). The largest absolute Gasteiger partial charge is 0.389 e. The van der Waals surface area contributed by atoms with Crippen molar-refractivity contribution in [1.29, 1.82) is 0 Å². The van der Waals surface area contributed by atoms with E-state index in [9.17, 15) is 0 Å². The van der Waals surface area contributed by atoms with Gasteiger partial charge in [0.25, 0.3) is 0 Å². The summed E-state index contributed by atoms with van der Waals surface area (Å²) in [6.45, 7) is 14.7. The molecule has 0 aromatic carbocycles. The highest BCUT2D eigenvalue weighted by Gasteiger charge is 1.83. The smallest absolute Gasteiger partial charge is 0.0143 e. The van der Waals surface area contributed by atoms with Crippen LogP contribution >= 0.6 is 0 Å². The van der Waals surface area contributed by atoms with Crippen LogP contribution in [-0.4, -0.2) is 6.54 Å². The van der Waals surface area contributed by atoms with Gasteiger partial charge in [-0.3, -0.25) is 0 Å². The van der Waals surface area contributed by atoms with Crippen LogP contribution in [0.5, 0.6) is 0 Å². The molecule has 0 saturated heterocycles. The Morgan fingerprint density at radius 2 is 1.86 bits per heavy atom. The van der Waals surface area contributed by atoms with Gasteiger partial charge in [0.05, 0.1) is 0 Å². The van der Waals surface area contributed by atoms with Gasteiger partial charge in [0, 0.05) is 12.2 Å². The molecule has 0 fully saturated rings. The maximum absolute atomic E-state index is 3.74. The molecule has 0 bridgehead atoms. The summed E-state index contributed by atoms with van der Waals surface area (Å²) in [6.07, 6.45) is 8.19. The third kappa shape index (κ3) is 22.5. The van der Waals surface area contributed by atoms with Crippen LogP contribution < -0.4 is 5.32 Å². The highest BCUT2D eigenvalue weighted by atomic mass is 14.9. The monoisotopic (exact) mass is 197 g/mol. The fourth-order valence-corrected chi connectivity index (χ4v) is 0.881. The van der Waals surface area contributed by atoms with Gasteiger partial charge >= 0.3 is 0 Å². The van der Waals surface area contributed by atoms with Crippen molar-refractivity contribution in [3.8, 4) is 0 Å². The summed E-state index contributed by atoms with van der Waals surface area (Å²) in [5.41, 5.74) is 1.08. The Morgan fingerprint density at radius 3 is 2.14 bits per heavy atom. The number of allylic oxidation sites excluding steroid dienone is 2. The standard InChI is InChI=1S/C8H17N.C5H10/c1-4-5-6-7-9-8(2)3;1-3-5-4-2/h9H,2,4-7H2,1,3H3;3H,1,4-5H2,2H3. The normalized spacial score (nSPS) is 8.50. The zero-order valence-electron chi connectivity index (χ0n) is 10.2. The molecule has 0 atom stereocenters. The van der Waals surface area contributed by atoms with Crippen LogP contribution in [-0.2, 0) is 0 Å². The maximum Gasteiger partial charge on any atom is 0.0143 e. The van der Waals surface area contributed by atoms with E-state index < -0.39 is 0 Å². The number of nitrogens with one attached hydrogen (secondary N) is 1. The van der Waals surface area contributed by atoms with Gasteiger partial charge in [0.1, 0.15) is 0 Å². The fourth-order valence-electron chi connectivity index (χ4n) is 0.881. The van der Waals surface area contributed by atoms with E-state index in [1.54, 1.807) is 0 Å². The number of hydrogen-bond acceptors (Lipinski definition) is 1. The summed E-state index contributed by atoms with van der Waals surface area (Å²) in [7, 11) is 0. The van der Waals surface area contributed by atoms with Crippen molar-refractivity contribution in [3.05, 3.63) is 24.9 Å². The Labute approximate surface area is 90.3 Å². The number of rotatable bonds is 7. The van der Waals surface area contributed by atoms with E-state index in [-0.39, 0.29) is 0 Å². The Balaban J connectivity index is 0. The van der Waals surface area contributed by atoms with E-state index in [1.807, 2.05) is 13.0 Å². The number of unbranched alkanes of at least 4 members (excludes halogenated alkanes) is 3. The first kappa shape index (κ1) is 15.7. The second-order valence-electron chi connectivity index (χ2n) is 3.49. The van der Waals surface area contributed by atoms with Crippen molar-refractivity contribution in [2.45, 2.75) is 52.9 Å². The lowest BCUT2D eigenvalue weighted by atomic mass is 10.2. The summed E-state index contributed by atoms with van der Waals surface area (Å²) in [5.74, 6) is 0. The minimum atomic E-state index is 1.08. The highest BCUT2D eigenvalue weighted by molar-refractivity contribution is 4.83. The molecule has 0 unspecified atom stereocenters. The van der Waals surface area contributed by atoms with E-state index >= 15 is 0 Å². The molecule has 0 aliphatic carbocycles. The maximum atomic E-state index is 3.74. The van der Waals surface area contributed by atoms with Crippen LogP contribution in [0.3, 0.4) is 0 Å². The van der Waals surface area contributed by atoms with Crippen molar-refractivity contribution < 1.29 is 0 Å². The molecule has 0 radical (unpaired) electrons. The summed E-state index contributed by atoms with van der Waals surface area (Å²) in [6, 6.07) is 0. The fraction of sp³-hybridized carbons (Fsp3) is 0.692. The molecule has 0 heterocycles. The zero-order chi connectivity index (χ0) is 11.2. The molecule has 0 aliphatic rings. The Hall–Kier alpha value is -0.720. The van der Waals surface area contributed by atoms with Gasteiger partial charge < -0.3 is 5.32 Å². The van der Waals surface area contributed by atoms with Crippen LogP contribution in [0.1, 0.15) is 52.9 Å². The lowest BCUT2D eigenvalue weighted by molar-refractivity contribution is 0.668. The third-order valence-electron chi connectivity index (χ3n) is 1.70. The lowest BCUT2D eigenvalue weighted by Gasteiger charge is -2.02. The second kappa shape index (κ2) is 14.8. The van der Waals surface area contributed by atoms with Gasteiger partial charge in [-0.15, -0.1) is 6.58 Å². The predicted octanol–water partition coefficient (Wildman–Crippen LogP) is 4.27. The molecule has 0 aromatic rings. The molecule has 1 nitrogen and oxygen atoms in total. The molecular formula is C13H27N. The van der Waals surface area contributed by atoms with Crippen LogP contribution in [0, 0.1) is 0 Å². The van der Waals surface area contributed by atoms with Crippen molar-refractivity contribution in [1.82, 2.24) is 5.32 Å². The topological polar surface area (TPSA) is 12.0 Å². The van der Waals surface area contributed by atoms with Crippen LogP contribution in [0.25, 0.3) is 0 Å². The Kier molecular flexibility index (Phi) is 16.6. The molecule has 0 saturated carbocycles. The molecule has 1 heteroatoms. The van der Waals surface area contributed by atoms with Crippen molar-refractivity contribution in [3.63, 3.8) is 0 Å². The van der Waals surface area contributed by atoms with Gasteiger partial charge in [-0.05, 0) is 19.8 Å². The van der Waals surface area contributed by atoms with E-state index in [4.69, 9.17) is 0 Å². The van der Waals surface area contributed by atoms with E-state index in [2.05, 4.69) is 32.3 Å². The predicted molar refractivity (Wildman–Crippen MR) is 67.4 cm³/mol. The molecule has 14 heavy (non-hydrogen) atoms. The quantitative estimate of drug-likeness (QED) is 0.474. The molecule has 0 aromatic heterocycles. The average molecular weight is 197 g/mol. The first-order valence-electron chi connectivity index (χ1n) is 5.69. The van der Waals surface area contributed by atoms with Crippen LogP contribution in [0.15, 0.2) is 24.9 Å². The van der Waals surface area contributed by atoms with Crippen molar-refractivity contribution >= 4 is 0 Å². The van der Waals surface area contributed by atoms with E-state index in [0.717, 1.165) is 18.7 Å². The van der Waals surface area contributed by atoms with E-state index in [1.165, 1.54) is 25.7 Å². The molecular weight excluding hydrogens is 170 g/mol. The average Bonchev–Trinajstić information content (AvgIpc) is 2.15. The molecule has 0 spiro atoms. The van der Waals surface area contributed by atoms with Gasteiger partial charge in [-0.2, -0.15) is 0 Å². The van der Waals surface area contributed by atoms with E-state index in [0.29, 0.717) is 0 Å². The second-order valence-corrected chi connectivity index (χ2v) is 3.49. The van der Waals surface area contributed by atoms with Crippen molar-refractivity contribution in [2.75, 3.05) is 6.54 Å². The SMILES string of the molecule is C=C(C)NCCCCC.C=CCCC. The first-order valence-corrected chi connectivity index (χ1v) is 5.69. The molecule has 1 N–H and O–H groups in total. The minimum absolute atomic E-state index is 1.08. The summed E-state index contributed by atoms with van der Waals surface area (Å²) in [5, 5.41) is 3.19. The lowest BCUT2D eigenvalue weighted by Crippen LogP contribution is -2.10. The summed E-state index contributed by atoms with van der Waals surface area (Å²) in [4.78, 5) is 0. The van der Waals surface area contributed by atoms with Gasteiger partial charge in [-0.25, -0.2) is 0 Å². The Bertz CT molecular complexity index is 127. The zero-order valence-corrected chi connectivity index (χ0v) is 10.2. The van der Waals surface area contributed by atoms with Gasteiger partial charge in [-0.1, -0.05) is 45.8 Å².